The molecule has 0 saturated carbocycles. The van der Waals surface area contributed by atoms with E-state index in [0.717, 1.165) is 30.8 Å². The van der Waals surface area contributed by atoms with E-state index < -0.39 is 5.60 Å². The zero-order valence-corrected chi connectivity index (χ0v) is 13.5. The highest BCUT2D eigenvalue weighted by atomic mass is 35.5. The summed E-state index contributed by atoms with van der Waals surface area (Å²) in [4.78, 5) is 4.65. The first-order valence-electron chi connectivity index (χ1n) is 7.47. The minimum absolute atomic E-state index is 0.0455. The third kappa shape index (κ3) is 3.48. The molecule has 1 N–H and O–H groups in total. The fraction of sp³-hybridized carbons (Fsp3) is 0.500. The standard InChI is InChI=1S/C16H20ClN3O2/c1-16(2,21)10-20-15(13-4-3-9-22-13)18-14(19-20)11-5-7-12(17)8-6-11/h5-8,13,21H,3-4,9-10H2,1-2H3/t13-/m1/s1. The van der Waals surface area contributed by atoms with Crippen LogP contribution >= 0.6 is 11.6 Å². The lowest BCUT2D eigenvalue weighted by molar-refractivity contribution is 0.0494. The van der Waals surface area contributed by atoms with Gasteiger partial charge in [0.15, 0.2) is 11.6 Å². The van der Waals surface area contributed by atoms with Gasteiger partial charge in [-0.3, -0.25) is 0 Å². The van der Waals surface area contributed by atoms with Crippen molar-refractivity contribution in [3.63, 3.8) is 0 Å². The normalized spacial score (nSPS) is 18.8. The topological polar surface area (TPSA) is 60.2 Å². The van der Waals surface area contributed by atoms with Gasteiger partial charge in [0.2, 0.25) is 0 Å². The molecule has 0 amide bonds. The summed E-state index contributed by atoms with van der Waals surface area (Å²) < 4.78 is 7.50. The molecular formula is C16H20ClN3O2. The van der Waals surface area contributed by atoms with E-state index in [2.05, 4.69) is 10.1 Å². The lowest BCUT2D eigenvalue weighted by Gasteiger charge is -2.19. The molecule has 1 fully saturated rings. The third-order valence-electron chi connectivity index (χ3n) is 3.56. The van der Waals surface area contributed by atoms with Crippen LogP contribution in [0.3, 0.4) is 0 Å². The summed E-state index contributed by atoms with van der Waals surface area (Å²) in [7, 11) is 0. The maximum atomic E-state index is 10.1. The highest BCUT2D eigenvalue weighted by Crippen LogP contribution is 2.30. The molecule has 1 aromatic heterocycles. The fourth-order valence-corrected chi connectivity index (χ4v) is 2.70. The monoisotopic (exact) mass is 321 g/mol. The number of halogens is 1. The smallest absolute Gasteiger partial charge is 0.181 e. The number of hydrogen-bond donors (Lipinski definition) is 1. The maximum absolute atomic E-state index is 10.1. The number of aliphatic hydroxyl groups is 1. The molecule has 1 aromatic carbocycles. The Morgan fingerprint density at radius 3 is 2.68 bits per heavy atom. The molecule has 0 bridgehead atoms. The first-order chi connectivity index (χ1) is 10.4. The average Bonchev–Trinajstić information content (AvgIpc) is 3.06. The van der Waals surface area contributed by atoms with Crippen LogP contribution < -0.4 is 0 Å². The molecule has 5 nitrogen and oxygen atoms in total. The van der Waals surface area contributed by atoms with Crippen molar-refractivity contribution >= 4 is 11.6 Å². The van der Waals surface area contributed by atoms with E-state index in [9.17, 15) is 5.11 Å². The summed E-state index contributed by atoms with van der Waals surface area (Å²) >= 11 is 5.93. The van der Waals surface area contributed by atoms with Crippen molar-refractivity contribution in [1.82, 2.24) is 14.8 Å². The van der Waals surface area contributed by atoms with Crippen molar-refractivity contribution in [2.45, 2.75) is 44.9 Å². The molecule has 1 saturated heterocycles. The van der Waals surface area contributed by atoms with Crippen molar-refractivity contribution in [2.75, 3.05) is 6.61 Å². The van der Waals surface area contributed by atoms with Crippen LogP contribution in [0.15, 0.2) is 24.3 Å². The molecule has 0 spiro atoms. The molecule has 0 unspecified atom stereocenters. The Morgan fingerprint density at radius 1 is 1.36 bits per heavy atom. The summed E-state index contributed by atoms with van der Waals surface area (Å²) in [6.07, 6.45) is 1.91. The Bertz CT molecular complexity index is 640. The van der Waals surface area contributed by atoms with Gasteiger partial charge in [0, 0.05) is 17.2 Å². The number of rotatable bonds is 4. The van der Waals surface area contributed by atoms with Gasteiger partial charge in [0.1, 0.15) is 6.10 Å². The van der Waals surface area contributed by atoms with Gasteiger partial charge in [-0.25, -0.2) is 9.67 Å². The van der Waals surface area contributed by atoms with Crippen LogP contribution in [0.25, 0.3) is 11.4 Å². The quantitative estimate of drug-likeness (QED) is 0.939. The van der Waals surface area contributed by atoms with Crippen LogP contribution in [-0.2, 0) is 11.3 Å². The van der Waals surface area contributed by atoms with Crippen molar-refractivity contribution in [2.24, 2.45) is 0 Å². The molecule has 1 atom stereocenters. The van der Waals surface area contributed by atoms with E-state index in [1.165, 1.54) is 0 Å². The van der Waals surface area contributed by atoms with Crippen LogP contribution in [-0.4, -0.2) is 32.1 Å². The predicted molar refractivity (Wildman–Crippen MR) is 84.7 cm³/mol. The first-order valence-corrected chi connectivity index (χ1v) is 7.85. The second kappa shape index (κ2) is 5.99. The Labute approximate surface area is 134 Å². The number of benzene rings is 1. The van der Waals surface area contributed by atoms with Gasteiger partial charge in [-0.2, -0.15) is 5.10 Å². The van der Waals surface area contributed by atoms with E-state index in [0.29, 0.717) is 17.4 Å². The van der Waals surface area contributed by atoms with Crippen LogP contribution in [0.1, 0.15) is 38.6 Å². The Hall–Kier alpha value is -1.43. The molecule has 2 aromatic rings. The molecule has 3 rings (SSSR count). The highest BCUT2D eigenvalue weighted by Gasteiger charge is 2.27. The Morgan fingerprint density at radius 2 is 2.09 bits per heavy atom. The Balaban J connectivity index is 1.97. The number of nitrogens with zero attached hydrogens (tertiary/aromatic N) is 3. The minimum Gasteiger partial charge on any atom is -0.389 e. The second-order valence-corrected chi connectivity index (χ2v) is 6.71. The highest BCUT2D eigenvalue weighted by molar-refractivity contribution is 6.30. The molecule has 2 heterocycles. The van der Waals surface area contributed by atoms with Gasteiger partial charge >= 0.3 is 0 Å². The van der Waals surface area contributed by atoms with Gasteiger partial charge in [-0.05, 0) is 51.0 Å². The lowest BCUT2D eigenvalue weighted by Crippen LogP contribution is -2.28. The van der Waals surface area contributed by atoms with E-state index in [4.69, 9.17) is 16.3 Å². The zero-order valence-electron chi connectivity index (χ0n) is 12.8. The van der Waals surface area contributed by atoms with Gasteiger partial charge in [-0.1, -0.05) is 11.6 Å². The first kappa shape index (κ1) is 15.5. The van der Waals surface area contributed by atoms with Crippen molar-refractivity contribution in [3.05, 3.63) is 35.1 Å². The predicted octanol–water partition coefficient (Wildman–Crippen LogP) is 3.22. The minimum atomic E-state index is -0.863. The van der Waals surface area contributed by atoms with Gasteiger partial charge in [-0.15, -0.1) is 0 Å². The summed E-state index contributed by atoms with van der Waals surface area (Å²) in [6.45, 7) is 4.64. The summed E-state index contributed by atoms with van der Waals surface area (Å²) in [6, 6.07) is 7.43. The van der Waals surface area contributed by atoms with Crippen molar-refractivity contribution in [3.8, 4) is 11.4 Å². The van der Waals surface area contributed by atoms with Gasteiger partial charge in [0.25, 0.3) is 0 Å². The Kier molecular flexibility index (Phi) is 4.21. The van der Waals surface area contributed by atoms with E-state index >= 15 is 0 Å². The van der Waals surface area contributed by atoms with Crippen LogP contribution in [0, 0.1) is 0 Å². The summed E-state index contributed by atoms with van der Waals surface area (Å²) in [5.41, 5.74) is 0.0383. The van der Waals surface area contributed by atoms with Crippen LogP contribution in [0.5, 0.6) is 0 Å². The SMILES string of the molecule is CC(C)(O)Cn1nc(-c2ccc(Cl)cc2)nc1[C@H]1CCCO1. The van der Waals surface area contributed by atoms with Crippen LogP contribution in [0.4, 0.5) is 0 Å². The summed E-state index contributed by atoms with van der Waals surface area (Å²) in [5.74, 6) is 1.41. The lowest BCUT2D eigenvalue weighted by atomic mass is 10.1. The molecule has 0 radical (unpaired) electrons. The van der Waals surface area contributed by atoms with E-state index in [1.54, 1.807) is 18.5 Å². The largest absolute Gasteiger partial charge is 0.389 e. The molecule has 0 aliphatic carbocycles. The van der Waals surface area contributed by atoms with E-state index in [1.807, 2.05) is 24.3 Å². The van der Waals surface area contributed by atoms with Crippen LogP contribution in [0.2, 0.25) is 5.02 Å². The fourth-order valence-electron chi connectivity index (χ4n) is 2.58. The number of hydrogen-bond acceptors (Lipinski definition) is 4. The van der Waals surface area contributed by atoms with Gasteiger partial charge in [0.05, 0.1) is 12.1 Å². The molecular weight excluding hydrogens is 302 g/mol. The zero-order chi connectivity index (χ0) is 15.7. The maximum Gasteiger partial charge on any atom is 0.181 e. The third-order valence-corrected chi connectivity index (χ3v) is 3.81. The molecule has 6 heteroatoms. The van der Waals surface area contributed by atoms with E-state index in [-0.39, 0.29) is 6.10 Å². The number of aromatic nitrogens is 3. The molecule has 1 aliphatic heterocycles. The summed E-state index contributed by atoms with van der Waals surface area (Å²) in [5, 5.41) is 15.3. The van der Waals surface area contributed by atoms with Gasteiger partial charge < -0.3 is 9.84 Å². The number of ether oxygens (including phenoxy) is 1. The average molecular weight is 322 g/mol. The molecule has 22 heavy (non-hydrogen) atoms. The van der Waals surface area contributed by atoms with Crippen molar-refractivity contribution in [1.29, 1.82) is 0 Å². The van der Waals surface area contributed by atoms with Crippen molar-refractivity contribution < 1.29 is 9.84 Å². The molecule has 118 valence electrons. The molecule has 1 aliphatic rings. The second-order valence-electron chi connectivity index (χ2n) is 6.27.